The molecule has 4 rings (SSSR count). The first kappa shape index (κ1) is 26.6. The molecule has 2 N–H and O–H groups in total. The first-order chi connectivity index (χ1) is 16.9. The highest BCUT2D eigenvalue weighted by molar-refractivity contribution is 6.30. The topological polar surface area (TPSA) is 75.3 Å². The van der Waals surface area contributed by atoms with Crippen LogP contribution in [-0.2, 0) is 0 Å². The summed E-state index contributed by atoms with van der Waals surface area (Å²) >= 11 is 11.6. The molecular formula is C26H31Cl2N5O2. The number of aromatic nitrogens is 3. The highest BCUT2D eigenvalue weighted by Crippen LogP contribution is 2.23. The van der Waals surface area contributed by atoms with Crippen molar-refractivity contribution >= 4 is 40.1 Å². The molecule has 2 heterocycles. The number of rotatable bonds is 9. The molecule has 0 fully saturated rings. The molecule has 0 spiro atoms. The standard InChI is InChI=1S/C16H17ClN4O.C10H14ClNO/c1-11(9-22-13-5-3-12(17)4-6-13)21(2)16-14-7-8-18-15(14)19-10-20-16;1-8(12-2)7-13-10-5-3-9(11)4-6-10/h3-8,10-11H,9H2,1-2H3,(H,18,19,20);3-6,8,12H,7H2,1-2H3. The minimum absolute atomic E-state index is 0.156. The van der Waals surface area contributed by atoms with E-state index in [-0.39, 0.29) is 6.04 Å². The molecule has 0 aliphatic rings. The minimum atomic E-state index is 0.156. The third kappa shape index (κ3) is 8.02. The van der Waals surface area contributed by atoms with Crippen LogP contribution in [0.15, 0.2) is 67.1 Å². The average Bonchev–Trinajstić information content (AvgIpc) is 3.37. The van der Waals surface area contributed by atoms with Crippen molar-refractivity contribution in [3.8, 4) is 11.5 Å². The van der Waals surface area contributed by atoms with Crippen LogP contribution in [0.25, 0.3) is 11.0 Å². The fourth-order valence-electron chi connectivity index (χ4n) is 3.04. The molecule has 2 aromatic carbocycles. The fourth-order valence-corrected chi connectivity index (χ4v) is 3.30. The van der Waals surface area contributed by atoms with Gasteiger partial charge in [-0.15, -0.1) is 0 Å². The first-order valence-electron chi connectivity index (χ1n) is 11.3. The van der Waals surface area contributed by atoms with Crippen LogP contribution in [0.4, 0.5) is 5.82 Å². The zero-order valence-electron chi connectivity index (χ0n) is 20.3. The summed E-state index contributed by atoms with van der Waals surface area (Å²) in [6, 6.07) is 17.2. The number of anilines is 1. The maximum atomic E-state index is 5.87. The lowest BCUT2D eigenvalue weighted by molar-refractivity contribution is 0.280. The normalized spacial score (nSPS) is 12.4. The molecule has 2 unspecified atom stereocenters. The van der Waals surface area contributed by atoms with Crippen molar-refractivity contribution in [2.45, 2.75) is 25.9 Å². The summed E-state index contributed by atoms with van der Waals surface area (Å²) in [4.78, 5) is 13.8. The van der Waals surface area contributed by atoms with Gasteiger partial charge in [-0.1, -0.05) is 23.2 Å². The zero-order chi connectivity index (χ0) is 25.2. The minimum Gasteiger partial charge on any atom is -0.492 e. The second-order valence-electron chi connectivity index (χ2n) is 8.12. The smallest absolute Gasteiger partial charge is 0.142 e. The van der Waals surface area contributed by atoms with Gasteiger partial charge in [0.15, 0.2) is 0 Å². The lowest BCUT2D eigenvalue weighted by Gasteiger charge is -2.26. The van der Waals surface area contributed by atoms with Gasteiger partial charge in [-0.25, -0.2) is 9.97 Å². The largest absolute Gasteiger partial charge is 0.492 e. The Bertz CT molecular complexity index is 1170. The Labute approximate surface area is 216 Å². The summed E-state index contributed by atoms with van der Waals surface area (Å²) < 4.78 is 11.3. The van der Waals surface area contributed by atoms with Gasteiger partial charge in [-0.05, 0) is 75.5 Å². The van der Waals surface area contributed by atoms with Crippen molar-refractivity contribution in [3.05, 3.63) is 77.2 Å². The van der Waals surface area contributed by atoms with E-state index in [1.165, 1.54) is 0 Å². The summed E-state index contributed by atoms with van der Waals surface area (Å²) in [5.74, 6) is 2.55. The molecule has 4 aromatic rings. The van der Waals surface area contributed by atoms with Crippen LogP contribution in [0.2, 0.25) is 10.0 Å². The van der Waals surface area contributed by atoms with Crippen molar-refractivity contribution in [2.24, 2.45) is 0 Å². The number of halogens is 2. The van der Waals surface area contributed by atoms with Crippen LogP contribution in [0.3, 0.4) is 0 Å². The number of nitrogens with zero attached hydrogens (tertiary/aromatic N) is 3. The molecule has 35 heavy (non-hydrogen) atoms. The first-order valence-corrected chi connectivity index (χ1v) is 12.1. The number of aromatic amines is 1. The van der Waals surface area contributed by atoms with Gasteiger partial charge in [0.05, 0.1) is 11.4 Å². The van der Waals surface area contributed by atoms with Gasteiger partial charge in [0, 0.05) is 29.3 Å². The van der Waals surface area contributed by atoms with Crippen molar-refractivity contribution < 1.29 is 9.47 Å². The summed E-state index contributed by atoms with van der Waals surface area (Å²) in [5.41, 5.74) is 0.836. The van der Waals surface area contributed by atoms with Crippen LogP contribution in [0.1, 0.15) is 13.8 Å². The van der Waals surface area contributed by atoms with Gasteiger partial charge >= 0.3 is 0 Å². The third-order valence-electron chi connectivity index (χ3n) is 5.44. The van der Waals surface area contributed by atoms with E-state index in [9.17, 15) is 0 Å². The van der Waals surface area contributed by atoms with Crippen molar-refractivity contribution in [3.63, 3.8) is 0 Å². The number of benzene rings is 2. The Hall–Kier alpha value is -3.00. The Kier molecular flexibility index (Phi) is 10.0. The predicted octanol–water partition coefficient (Wildman–Crippen LogP) is 5.84. The maximum absolute atomic E-state index is 5.87. The summed E-state index contributed by atoms with van der Waals surface area (Å²) in [6.45, 7) is 5.37. The van der Waals surface area contributed by atoms with Gasteiger partial charge in [-0.2, -0.15) is 0 Å². The van der Waals surface area contributed by atoms with E-state index < -0.39 is 0 Å². The zero-order valence-corrected chi connectivity index (χ0v) is 21.8. The summed E-state index contributed by atoms with van der Waals surface area (Å²) in [7, 11) is 3.92. The molecule has 7 nitrogen and oxygen atoms in total. The predicted molar refractivity (Wildman–Crippen MR) is 144 cm³/mol. The maximum Gasteiger partial charge on any atom is 0.142 e. The second kappa shape index (κ2) is 13.2. The number of fused-ring (bicyclic) bond motifs is 1. The average molecular weight is 516 g/mol. The third-order valence-corrected chi connectivity index (χ3v) is 5.94. The molecule has 0 saturated carbocycles. The fraction of sp³-hybridized carbons (Fsp3) is 0.308. The lowest BCUT2D eigenvalue weighted by Crippen LogP contribution is -2.34. The monoisotopic (exact) mass is 515 g/mol. The van der Waals surface area contributed by atoms with E-state index in [2.05, 4.69) is 39.0 Å². The van der Waals surface area contributed by atoms with Gasteiger partial charge in [0.1, 0.15) is 42.5 Å². The molecule has 0 aliphatic carbocycles. The van der Waals surface area contributed by atoms with Crippen LogP contribution in [0.5, 0.6) is 11.5 Å². The molecule has 9 heteroatoms. The van der Waals surface area contributed by atoms with E-state index in [1.54, 1.807) is 6.33 Å². The van der Waals surface area contributed by atoms with Gasteiger partial charge in [0.25, 0.3) is 0 Å². The Morgan fingerprint density at radius 1 is 0.886 bits per heavy atom. The Morgan fingerprint density at radius 3 is 2.03 bits per heavy atom. The summed E-state index contributed by atoms with van der Waals surface area (Å²) in [5, 5.41) is 5.53. The lowest BCUT2D eigenvalue weighted by atomic mass is 10.2. The van der Waals surface area contributed by atoms with E-state index in [4.69, 9.17) is 32.7 Å². The highest BCUT2D eigenvalue weighted by atomic mass is 35.5. The van der Waals surface area contributed by atoms with Crippen molar-refractivity contribution in [1.82, 2.24) is 20.3 Å². The van der Waals surface area contributed by atoms with E-state index in [0.717, 1.165) is 33.4 Å². The molecular weight excluding hydrogens is 485 g/mol. The van der Waals surface area contributed by atoms with Gasteiger partial charge < -0.3 is 24.7 Å². The van der Waals surface area contributed by atoms with Crippen molar-refractivity contribution in [2.75, 3.05) is 32.2 Å². The molecule has 186 valence electrons. The molecule has 2 atom stereocenters. The van der Waals surface area contributed by atoms with Crippen LogP contribution >= 0.6 is 23.2 Å². The van der Waals surface area contributed by atoms with Crippen LogP contribution in [0, 0.1) is 0 Å². The Morgan fingerprint density at radius 2 is 1.46 bits per heavy atom. The number of likely N-dealkylation sites (N-methyl/N-ethyl adjacent to an activating group) is 2. The molecule has 0 amide bonds. The van der Waals surface area contributed by atoms with Crippen LogP contribution < -0.4 is 19.7 Å². The Balaban J connectivity index is 0.000000225. The van der Waals surface area contributed by atoms with E-state index in [0.29, 0.717) is 24.3 Å². The number of ether oxygens (including phenoxy) is 2. The SMILES string of the molecule is CC(COc1ccc(Cl)cc1)N(C)c1ncnc2[nH]ccc12.CNC(C)COc1ccc(Cl)cc1. The van der Waals surface area contributed by atoms with E-state index in [1.807, 2.05) is 74.9 Å². The molecule has 0 aliphatic heterocycles. The highest BCUT2D eigenvalue weighted by Gasteiger charge is 2.15. The number of hydrogen-bond acceptors (Lipinski definition) is 6. The quantitative estimate of drug-likeness (QED) is 0.291. The number of H-pyrrole nitrogens is 1. The molecule has 0 saturated heterocycles. The van der Waals surface area contributed by atoms with Gasteiger partial charge in [-0.3, -0.25) is 0 Å². The van der Waals surface area contributed by atoms with E-state index >= 15 is 0 Å². The molecule has 2 aromatic heterocycles. The molecule has 0 radical (unpaired) electrons. The van der Waals surface area contributed by atoms with Crippen molar-refractivity contribution in [1.29, 1.82) is 0 Å². The number of nitrogens with one attached hydrogen (secondary N) is 2. The number of hydrogen-bond donors (Lipinski definition) is 2. The van der Waals surface area contributed by atoms with Gasteiger partial charge in [0.2, 0.25) is 0 Å². The summed E-state index contributed by atoms with van der Waals surface area (Å²) in [6.07, 6.45) is 3.43. The molecule has 0 bridgehead atoms. The van der Waals surface area contributed by atoms with Crippen LogP contribution in [-0.4, -0.2) is 54.3 Å². The second-order valence-corrected chi connectivity index (χ2v) is 8.99.